The SMILES string of the molecule is CCN(CC)CC.[K+].[Li+]. The Morgan fingerprint density at radius 2 is 1.11 bits per heavy atom. The summed E-state index contributed by atoms with van der Waals surface area (Å²) in [4.78, 5) is 2.38. The molecule has 3 heteroatoms. The van der Waals surface area contributed by atoms with E-state index in [2.05, 4.69) is 25.7 Å². The molecule has 9 heavy (non-hydrogen) atoms. The maximum atomic E-state index is 2.38. The Labute approximate surface area is 114 Å². The van der Waals surface area contributed by atoms with E-state index in [-0.39, 0.29) is 70.2 Å². The van der Waals surface area contributed by atoms with Gasteiger partial charge in [-0.2, -0.15) is 0 Å². The summed E-state index contributed by atoms with van der Waals surface area (Å²) in [6.45, 7) is 10.1. The average Bonchev–Trinajstić information content (AvgIpc) is 1.72. The maximum absolute atomic E-state index is 2.38. The van der Waals surface area contributed by atoms with Crippen LogP contribution in [0.3, 0.4) is 0 Å². The molecule has 0 rings (SSSR count). The molecular weight excluding hydrogens is 132 g/mol. The van der Waals surface area contributed by atoms with Crippen LogP contribution in [0.15, 0.2) is 0 Å². The van der Waals surface area contributed by atoms with E-state index in [0.29, 0.717) is 0 Å². The van der Waals surface area contributed by atoms with Gasteiger partial charge in [-0.15, -0.1) is 0 Å². The zero-order valence-corrected chi connectivity index (χ0v) is 10.7. The Hall–Kier alpha value is 2.19. The first-order chi connectivity index (χ1) is 3.35. The van der Waals surface area contributed by atoms with Crippen molar-refractivity contribution in [2.24, 2.45) is 0 Å². The fraction of sp³-hybridized carbons (Fsp3) is 1.00. The Bertz CT molecular complexity index is 34.5. The Morgan fingerprint density at radius 3 is 1.11 bits per heavy atom. The quantitative estimate of drug-likeness (QED) is 0.363. The second-order valence-corrected chi connectivity index (χ2v) is 1.62. The van der Waals surface area contributed by atoms with Crippen LogP contribution in [0.1, 0.15) is 20.8 Å². The van der Waals surface area contributed by atoms with Crippen LogP contribution < -0.4 is 70.2 Å². The van der Waals surface area contributed by atoms with Crippen molar-refractivity contribution >= 4 is 0 Å². The van der Waals surface area contributed by atoms with Gasteiger partial charge >= 0.3 is 70.2 Å². The van der Waals surface area contributed by atoms with Gasteiger partial charge in [0, 0.05) is 0 Å². The minimum Gasteiger partial charge on any atom is -0.304 e. The molecule has 44 valence electrons. The van der Waals surface area contributed by atoms with Crippen LogP contribution in [-0.4, -0.2) is 24.5 Å². The van der Waals surface area contributed by atoms with E-state index in [1.165, 1.54) is 19.6 Å². The molecule has 0 aromatic heterocycles. The van der Waals surface area contributed by atoms with Gasteiger partial charge in [-0.1, -0.05) is 20.8 Å². The molecule has 1 nitrogen and oxygen atoms in total. The standard InChI is InChI=1S/C6H15N.K.Li/c1-4-7(5-2)6-3;;/h4-6H2,1-3H3;;/q;2*+1. The molecule has 0 saturated heterocycles. The fourth-order valence-electron chi connectivity index (χ4n) is 0.671. The molecule has 0 spiro atoms. The molecule has 0 heterocycles. The maximum Gasteiger partial charge on any atom is 1.00 e. The van der Waals surface area contributed by atoms with Crippen LogP contribution in [0.4, 0.5) is 0 Å². The second kappa shape index (κ2) is 12.8. The van der Waals surface area contributed by atoms with Crippen molar-refractivity contribution in [3.8, 4) is 0 Å². The first-order valence-electron chi connectivity index (χ1n) is 3.07. The normalized spacial score (nSPS) is 8.00. The van der Waals surface area contributed by atoms with Gasteiger partial charge in [0.15, 0.2) is 0 Å². The second-order valence-electron chi connectivity index (χ2n) is 1.62. The monoisotopic (exact) mass is 147 g/mol. The van der Waals surface area contributed by atoms with Gasteiger partial charge in [0.25, 0.3) is 0 Å². The van der Waals surface area contributed by atoms with Crippen molar-refractivity contribution in [2.75, 3.05) is 19.6 Å². The zero-order chi connectivity index (χ0) is 5.70. The van der Waals surface area contributed by atoms with Gasteiger partial charge in [0.05, 0.1) is 0 Å². The summed E-state index contributed by atoms with van der Waals surface area (Å²) in [5.41, 5.74) is 0. The van der Waals surface area contributed by atoms with E-state index in [1.807, 2.05) is 0 Å². The van der Waals surface area contributed by atoms with Crippen molar-refractivity contribution in [2.45, 2.75) is 20.8 Å². The van der Waals surface area contributed by atoms with Crippen molar-refractivity contribution in [1.29, 1.82) is 0 Å². The molecule has 0 saturated carbocycles. The summed E-state index contributed by atoms with van der Waals surface area (Å²) in [7, 11) is 0. The molecular formula is C6H15KLiN+2. The molecule has 0 amide bonds. The van der Waals surface area contributed by atoms with Crippen LogP contribution in [0, 0.1) is 0 Å². The van der Waals surface area contributed by atoms with Gasteiger partial charge < -0.3 is 4.90 Å². The third kappa shape index (κ3) is 10.2. The van der Waals surface area contributed by atoms with Gasteiger partial charge in [-0.05, 0) is 19.6 Å². The van der Waals surface area contributed by atoms with E-state index in [9.17, 15) is 0 Å². The fourth-order valence-corrected chi connectivity index (χ4v) is 0.671. The van der Waals surface area contributed by atoms with Crippen LogP contribution in [-0.2, 0) is 0 Å². The molecule has 0 aliphatic rings. The minimum atomic E-state index is 0. The molecule has 0 fully saturated rings. The molecule has 0 aromatic carbocycles. The molecule has 0 N–H and O–H groups in total. The number of hydrogen-bond acceptors (Lipinski definition) is 1. The van der Waals surface area contributed by atoms with Crippen molar-refractivity contribution in [3.05, 3.63) is 0 Å². The van der Waals surface area contributed by atoms with Crippen LogP contribution in [0.5, 0.6) is 0 Å². The smallest absolute Gasteiger partial charge is 0.304 e. The third-order valence-corrected chi connectivity index (χ3v) is 1.34. The van der Waals surface area contributed by atoms with Gasteiger partial charge in [-0.25, -0.2) is 0 Å². The zero-order valence-electron chi connectivity index (χ0n) is 7.57. The van der Waals surface area contributed by atoms with Gasteiger partial charge in [0.2, 0.25) is 0 Å². The topological polar surface area (TPSA) is 3.24 Å². The Kier molecular flexibility index (Phi) is 24.7. The summed E-state index contributed by atoms with van der Waals surface area (Å²) in [6, 6.07) is 0. The van der Waals surface area contributed by atoms with E-state index < -0.39 is 0 Å². The first-order valence-corrected chi connectivity index (χ1v) is 3.07. The van der Waals surface area contributed by atoms with E-state index in [4.69, 9.17) is 0 Å². The van der Waals surface area contributed by atoms with E-state index in [1.54, 1.807) is 0 Å². The summed E-state index contributed by atoms with van der Waals surface area (Å²) >= 11 is 0. The van der Waals surface area contributed by atoms with Crippen molar-refractivity contribution in [3.63, 3.8) is 0 Å². The molecule has 0 aliphatic heterocycles. The number of nitrogens with zero attached hydrogens (tertiary/aromatic N) is 1. The minimum absolute atomic E-state index is 0. The summed E-state index contributed by atoms with van der Waals surface area (Å²) in [5, 5.41) is 0. The number of rotatable bonds is 3. The Balaban J connectivity index is -0.000000180. The summed E-state index contributed by atoms with van der Waals surface area (Å²) in [6.07, 6.45) is 0. The first kappa shape index (κ1) is 17.3. The predicted molar refractivity (Wildman–Crippen MR) is 33.5 cm³/mol. The molecule has 0 radical (unpaired) electrons. The molecule has 0 bridgehead atoms. The molecule has 0 atom stereocenters. The van der Waals surface area contributed by atoms with Gasteiger partial charge in [0.1, 0.15) is 0 Å². The molecule has 0 unspecified atom stereocenters. The number of hydrogen-bond donors (Lipinski definition) is 0. The van der Waals surface area contributed by atoms with Crippen LogP contribution in [0.25, 0.3) is 0 Å². The largest absolute Gasteiger partial charge is 1.00 e. The summed E-state index contributed by atoms with van der Waals surface area (Å²) in [5.74, 6) is 0. The van der Waals surface area contributed by atoms with Crippen LogP contribution in [0.2, 0.25) is 0 Å². The predicted octanol–water partition coefficient (Wildman–Crippen LogP) is -4.64. The third-order valence-electron chi connectivity index (χ3n) is 1.34. The van der Waals surface area contributed by atoms with Crippen molar-refractivity contribution < 1.29 is 70.2 Å². The van der Waals surface area contributed by atoms with Gasteiger partial charge in [-0.3, -0.25) is 0 Å². The van der Waals surface area contributed by atoms with E-state index in [0.717, 1.165) is 0 Å². The Morgan fingerprint density at radius 1 is 0.889 bits per heavy atom. The molecule has 0 aliphatic carbocycles. The van der Waals surface area contributed by atoms with Crippen LogP contribution >= 0.6 is 0 Å². The van der Waals surface area contributed by atoms with E-state index >= 15 is 0 Å². The van der Waals surface area contributed by atoms with Crippen molar-refractivity contribution in [1.82, 2.24) is 4.90 Å². The average molecular weight is 147 g/mol. The summed E-state index contributed by atoms with van der Waals surface area (Å²) < 4.78 is 0. The molecule has 0 aromatic rings.